The van der Waals surface area contributed by atoms with Gasteiger partial charge in [0.15, 0.2) is 0 Å². The Morgan fingerprint density at radius 2 is 1.49 bits per heavy atom. The average Bonchev–Trinajstić information content (AvgIpc) is 2.99. The quantitative estimate of drug-likeness (QED) is 0.417. The highest BCUT2D eigenvalue weighted by atomic mass is 32.2. The Bertz CT molecular complexity index is 1320. The van der Waals surface area contributed by atoms with Gasteiger partial charge in [-0.3, -0.25) is 9.79 Å². The molecule has 6 heteroatoms. The van der Waals surface area contributed by atoms with Gasteiger partial charge in [0.25, 0.3) is 0 Å². The lowest BCUT2D eigenvalue weighted by Crippen LogP contribution is -2.17. The van der Waals surface area contributed by atoms with Crippen molar-refractivity contribution in [1.82, 2.24) is 0 Å². The van der Waals surface area contributed by atoms with Crippen molar-refractivity contribution in [1.29, 1.82) is 0 Å². The molecular weight excluding hydrogens is 454 g/mol. The number of hydrogen-bond donors (Lipinski definition) is 1. The molecule has 0 spiro atoms. The first kappa shape index (κ1) is 24.7. The summed E-state index contributed by atoms with van der Waals surface area (Å²) in [5.41, 5.74) is 10.2. The first-order valence-corrected chi connectivity index (χ1v) is 12.6. The minimum absolute atomic E-state index is 0.0414. The third-order valence-corrected chi connectivity index (χ3v) is 7.12. The molecule has 35 heavy (non-hydrogen) atoms. The number of hydrogen-bond acceptors (Lipinski definition) is 5. The first-order chi connectivity index (χ1) is 16.7. The SMILES string of the molecule is COc1ccc(C2=Nc3cc(C)c(C)cc3N=C(SCC(=O)Nc3c(C)cc(C)cc3C)C2)cc1. The number of carbonyl (C=O) groups is 1. The molecular formula is C29H31N3O2S. The monoisotopic (exact) mass is 485 g/mol. The lowest BCUT2D eigenvalue weighted by Gasteiger charge is -2.13. The molecule has 1 aliphatic rings. The van der Waals surface area contributed by atoms with Crippen LogP contribution in [-0.4, -0.2) is 29.5 Å². The number of nitrogens with zero attached hydrogens (tertiary/aromatic N) is 2. The molecule has 5 nitrogen and oxygen atoms in total. The summed E-state index contributed by atoms with van der Waals surface area (Å²) in [6, 6.07) is 16.2. The first-order valence-electron chi connectivity index (χ1n) is 11.6. The number of methoxy groups -OCH3 is 1. The lowest BCUT2D eigenvalue weighted by atomic mass is 10.1. The molecule has 4 rings (SSSR count). The van der Waals surface area contributed by atoms with Gasteiger partial charge in [0.2, 0.25) is 5.91 Å². The van der Waals surface area contributed by atoms with Gasteiger partial charge in [0.1, 0.15) is 5.75 Å². The van der Waals surface area contributed by atoms with E-state index in [1.807, 2.05) is 38.1 Å². The number of benzene rings is 3. The van der Waals surface area contributed by atoms with Crippen molar-refractivity contribution in [2.75, 3.05) is 18.2 Å². The summed E-state index contributed by atoms with van der Waals surface area (Å²) < 4.78 is 5.31. The van der Waals surface area contributed by atoms with E-state index in [9.17, 15) is 4.79 Å². The topological polar surface area (TPSA) is 63.1 Å². The molecule has 0 atom stereocenters. The van der Waals surface area contributed by atoms with E-state index in [0.717, 1.165) is 50.3 Å². The molecule has 0 saturated heterocycles. The van der Waals surface area contributed by atoms with E-state index < -0.39 is 0 Å². The maximum absolute atomic E-state index is 12.9. The van der Waals surface area contributed by atoms with E-state index in [2.05, 4.69) is 50.4 Å². The predicted molar refractivity (Wildman–Crippen MR) is 149 cm³/mol. The minimum atomic E-state index is -0.0414. The fraction of sp³-hybridized carbons (Fsp3) is 0.276. The van der Waals surface area contributed by atoms with Crippen molar-refractivity contribution in [2.24, 2.45) is 9.98 Å². The van der Waals surface area contributed by atoms with Crippen molar-refractivity contribution >= 4 is 45.5 Å². The molecule has 3 aromatic rings. The van der Waals surface area contributed by atoms with E-state index >= 15 is 0 Å². The Labute approximate surface area is 211 Å². The molecule has 1 aliphatic heterocycles. The third kappa shape index (κ3) is 5.82. The maximum atomic E-state index is 12.9. The summed E-state index contributed by atoms with van der Waals surface area (Å²) in [7, 11) is 1.66. The number of anilines is 1. The van der Waals surface area contributed by atoms with Crippen LogP contribution in [0.2, 0.25) is 0 Å². The molecule has 0 saturated carbocycles. The Morgan fingerprint density at radius 3 is 2.09 bits per heavy atom. The van der Waals surface area contributed by atoms with Crippen molar-refractivity contribution < 1.29 is 9.53 Å². The van der Waals surface area contributed by atoms with Crippen molar-refractivity contribution in [3.8, 4) is 5.75 Å². The molecule has 3 aromatic carbocycles. The number of aliphatic imine (C=N–C) groups is 2. The van der Waals surface area contributed by atoms with Crippen molar-refractivity contribution in [3.63, 3.8) is 0 Å². The maximum Gasteiger partial charge on any atom is 0.234 e. The van der Waals surface area contributed by atoms with Crippen LogP contribution in [0, 0.1) is 34.6 Å². The van der Waals surface area contributed by atoms with Gasteiger partial charge < -0.3 is 10.1 Å². The van der Waals surface area contributed by atoms with Crippen LogP contribution < -0.4 is 10.1 Å². The molecule has 180 valence electrons. The molecule has 0 aliphatic carbocycles. The Hall–Kier alpha value is -3.38. The van der Waals surface area contributed by atoms with Gasteiger partial charge in [-0.25, -0.2) is 4.99 Å². The Balaban J connectivity index is 1.59. The number of nitrogens with one attached hydrogen (secondary N) is 1. The largest absolute Gasteiger partial charge is 0.497 e. The normalized spacial score (nSPS) is 12.9. The molecule has 0 radical (unpaired) electrons. The van der Waals surface area contributed by atoms with E-state index in [1.54, 1.807) is 7.11 Å². The highest BCUT2D eigenvalue weighted by molar-refractivity contribution is 8.14. The number of ether oxygens (including phenoxy) is 1. The number of fused-ring (bicyclic) bond motifs is 1. The molecule has 0 fully saturated rings. The molecule has 1 heterocycles. The summed E-state index contributed by atoms with van der Waals surface area (Å²) in [5.74, 6) is 1.04. The van der Waals surface area contributed by atoms with Gasteiger partial charge in [0.05, 0.1) is 35.0 Å². The predicted octanol–water partition coefficient (Wildman–Crippen LogP) is 7.16. The van der Waals surface area contributed by atoms with Crippen molar-refractivity contribution in [2.45, 2.75) is 41.0 Å². The smallest absolute Gasteiger partial charge is 0.234 e. The van der Waals surface area contributed by atoms with Crippen molar-refractivity contribution in [3.05, 3.63) is 81.9 Å². The fourth-order valence-corrected chi connectivity index (χ4v) is 4.97. The molecule has 1 N–H and O–H groups in total. The zero-order valence-electron chi connectivity index (χ0n) is 21.2. The summed E-state index contributed by atoms with van der Waals surface area (Å²) >= 11 is 1.47. The Kier molecular flexibility index (Phi) is 7.41. The van der Waals surface area contributed by atoms with Crippen LogP contribution in [0.15, 0.2) is 58.5 Å². The molecule has 0 unspecified atom stereocenters. The number of aryl methyl sites for hydroxylation is 5. The molecule has 1 amide bonds. The van der Waals surface area contributed by atoms with Gasteiger partial charge in [-0.1, -0.05) is 17.7 Å². The van der Waals surface area contributed by atoms with Gasteiger partial charge in [-0.15, -0.1) is 11.8 Å². The average molecular weight is 486 g/mol. The van der Waals surface area contributed by atoms with E-state index in [-0.39, 0.29) is 11.7 Å². The van der Waals surface area contributed by atoms with E-state index in [0.29, 0.717) is 6.42 Å². The zero-order valence-corrected chi connectivity index (χ0v) is 22.0. The van der Waals surface area contributed by atoms with Gasteiger partial charge in [-0.2, -0.15) is 0 Å². The van der Waals surface area contributed by atoms with Crippen LogP contribution in [0.3, 0.4) is 0 Å². The van der Waals surface area contributed by atoms with Crippen LogP contribution in [0.4, 0.5) is 17.1 Å². The highest BCUT2D eigenvalue weighted by Crippen LogP contribution is 2.36. The summed E-state index contributed by atoms with van der Waals surface area (Å²) in [5, 5.41) is 3.96. The van der Waals surface area contributed by atoms with Gasteiger partial charge >= 0.3 is 0 Å². The number of thioether (sulfide) groups is 1. The highest BCUT2D eigenvalue weighted by Gasteiger charge is 2.18. The molecule has 0 aromatic heterocycles. The summed E-state index contributed by atoms with van der Waals surface area (Å²) in [6.45, 7) is 10.3. The minimum Gasteiger partial charge on any atom is -0.497 e. The fourth-order valence-electron chi connectivity index (χ4n) is 4.20. The summed E-state index contributed by atoms with van der Waals surface area (Å²) in [6.07, 6.45) is 0.555. The van der Waals surface area contributed by atoms with E-state index in [4.69, 9.17) is 14.7 Å². The van der Waals surface area contributed by atoms with E-state index in [1.165, 1.54) is 28.5 Å². The second-order valence-corrected chi connectivity index (χ2v) is 10.1. The zero-order chi connectivity index (χ0) is 25.1. The second kappa shape index (κ2) is 10.5. The van der Waals surface area contributed by atoms with Crippen LogP contribution in [0.25, 0.3) is 0 Å². The number of rotatable bonds is 5. The number of amides is 1. The molecule has 0 bridgehead atoms. The van der Waals surface area contributed by atoms with Gasteiger partial charge in [0, 0.05) is 12.1 Å². The van der Waals surface area contributed by atoms with Gasteiger partial charge in [-0.05, 0) is 98.8 Å². The van der Waals surface area contributed by atoms with Crippen LogP contribution in [-0.2, 0) is 4.79 Å². The third-order valence-electron chi connectivity index (χ3n) is 6.14. The van der Waals surface area contributed by atoms with Crippen LogP contribution in [0.5, 0.6) is 5.75 Å². The lowest BCUT2D eigenvalue weighted by molar-refractivity contribution is -0.113. The Morgan fingerprint density at radius 1 is 0.886 bits per heavy atom. The van der Waals surface area contributed by atoms with Crippen LogP contribution >= 0.6 is 11.8 Å². The summed E-state index contributed by atoms with van der Waals surface area (Å²) in [4.78, 5) is 22.8. The number of carbonyl (C=O) groups excluding carboxylic acids is 1. The second-order valence-electron chi connectivity index (χ2n) is 9.01. The standard InChI is InChI=1S/C29H31N3O2S/c1-17-11-20(4)29(21(5)12-17)32-27(33)16-35-28-15-24(22-7-9-23(34-6)10-8-22)30-25-13-18(2)19(3)14-26(25)31-28/h7-14H,15-16H2,1-6H3,(H,32,33). The van der Waals surface area contributed by atoms with Crippen LogP contribution in [0.1, 0.15) is 39.8 Å².